The molecule has 22 heavy (non-hydrogen) atoms. The SMILES string of the molecule is O=C(O)C1CCN(C(=O)NC2CCCOc3ccccc32)C1. The van der Waals surface area contributed by atoms with E-state index in [0.29, 0.717) is 19.6 Å². The number of urea groups is 1. The molecule has 118 valence electrons. The number of hydrogen-bond donors (Lipinski definition) is 2. The first-order valence-electron chi connectivity index (χ1n) is 7.65. The fourth-order valence-corrected chi connectivity index (χ4v) is 3.06. The zero-order valence-corrected chi connectivity index (χ0v) is 12.3. The van der Waals surface area contributed by atoms with Crippen molar-refractivity contribution in [2.45, 2.75) is 25.3 Å². The third-order valence-corrected chi connectivity index (χ3v) is 4.31. The molecule has 2 amide bonds. The Balaban J connectivity index is 1.68. The highest BCUT2D eigenvalue weighted by molar-refractivity contribution is 5.77. The Morgan fingerprint density at radius 1 is 1.27 bits per heavy atom. The highest BCUT2D eigenvalue weighted by atomic mass is 16.5. The van der Waals surface area contributed by atoms with Gasteiger partial charge < -0.3 is 20.1 Å². The van der Waals surface area contributed by atoms with E-state index in [1.807, 2.05) is 24.3 Å². The average molecular weight is 304 g/mol. The molecule has 2 N–H and O–H groups in total. The number of ether oxygens (including phenoxy) is 1. The summed E-state index contributed by atoms with van der Waals surface area (Å²) in [6.45, 7) is 1.42. The Kier molecular flexibility index (Phi) is 4.18. The lowest BCUT2D eigenvalue weighted by Gasteiger charge is -2.23. The minimum atomic E-state index is -0.830. The van der Waals surface area contributed by atoms with Crippen LogP contribution in [0.4, 0.5) is 4.79 Å². The fraction of sp³-hybridized carbons (Fsp3) is 0.500. The first-order valence-corrected chi connectivity index (χ1v) is 7.65. The summed E-state index contributed by atoms with van der Waals surface area (Å²) < 4.78 is 5.69. The van der Waals surface area contributed by atoms with E-state index in [2.05, 4.69) is 5.32 Å². The number of aliphatic carboxylic acids is 1. The molecule has 2 aliphatic rings. The summed E-state index contributed by atoms with van der Waals surface area (Å²) in [5, 5.41) is 12.1. The van der Waals surface area contributed by atoms with Crippen molar-refractivity contribution in [3.05, 3.63) is 29.8 Å². The van der Waals surface area contributed by atoms with Crippen LogP contribution < -0.4 is 10.1 Å². The van der Waals surface area contributed by atoms with E-state index in [4.69, 9.17) is 9.84 Å². The van der Waals surface area contributed by atoms with Crippen molar-refractivity contribution in [2.75, 3.05) is 19.7 Å². The number of fused-ring (bicyclic) bond motifs is 1. The van der Waals surface area contributed by atoms with Crippen LogP contribution in [0, 0.1) is 5.92 Å². The standard InChI is InChI=1S/C16H20N2O4/c19-15(20)11-7-8-18(10-11)16(21)17-13-5-3-9-22-14-6-2-1-4-12(13)14/h1-2,4,6,11,13H,3,5,7-10H2,(H,17,21)(H,19,20). The molecule has 0 aliphatic carbocycles. The highest BCUT2D eigenvalue weighted by Crippen LogP contribution is 2.31. The summed E-state index contributed by atoms with van der Waals surface area (Å²) in [5.74, 6) is -0.464. The van der Waals surface area contributed by atoms with Crippen molar-refractivity contribution < 1.29 is 19.4 Å². The molecule has 2 unspecified atom stereocenters. The maximum Gasteiger partial charge on any atom is 0.317 e. The molecule has 6 heteroatoms. The molecule has 6 nitrogen and oxygen atoms in total. The predicted molar refractivity (Wildman–Crippen MR) is 79.8 cm³/mol. The molecule has 2 heterocycles. The largest absolute Gasteiger partial charge is 0.493 e. The minimum absolute atomic E-state index is 0.0879. The van der Waals surface area contributed by atoms with E-state index in [1.165, 1.54) is 0 Å². The third kappa shape index (κ3) is 3.00. The van der Waals surface area contributed by atoms with Crippen LogP contribution in [0.2, 0.25) is 0 Å². The molecular weight excluding hydrogens is 284 g/mol. The Morgan fingerprint density at radius 3 is 2.86 bits per heavy atom. The summed E-state index contributed by atoms with van der Waals surface area (Å²) in [6.07, 6.45) is 2.21. The number of nitrogens with zero attached hydrogens (tertiary/aromatic N) is 1. The van der Waals surface area contributed by atoms with Crippen LogP contribution in [-0.4, -0.2) is 41.7 Å². The Morgan fingerprint density at radius 2 is 2.09 bits per heavy atom. The van der Waals surface area contributed by atoms with Gasteiger partial charge >= 0.3 is 12.0 Å². The molecule has 0 aromatic heterocycles. The topological polar surface area (TPSA) is 78.9 Å². The summed E-state index contributed by atoms with van der Waals surface area (Å²) >= 11 is 0. The molecule has 1 aromatic carbocycles. The van der Waals surface area contributed by atoms with Gasteiger partial charge in [-0.2, -0.15) is 0 Å². The molecular formula is C16H20N2O4. The molecule has 0 saturated carbocycles. The van der Waals surface area contributed by atoms with Crippen molar-refractivity contribution in [1.82, 2.24) is 10.2 Å². The Bertz CT molecular complexity index is 575. The fourth-order valence-electron chi connectivity index (χ4n) is 3.06. The van der Waals surface area contributed by atoms with Gasteiger partial charge in [0.2, 0.25) is 0 Å². The summed E-state index contributed by atoms with van der Waals surface area (Å²) in [7, 11) is 0. The molecule has 2 aliphatic heterocycles. The number of rotatable bonds is 2. The Hall–Kier alpha value is -2.24. The molecule has 0 bridgehead atoms. The zero-order chi connectivity index (χ0) is 15.5. The maximum absolute atomic E-state index is 12.4. The lowest BCUT2D eigenvalue weighted by atomic mass is 10.0. The van der Waals surface area contributed by atoms with Crippen molar-refractivity contribution in [2.24, 2.45) is 5.92 Å². The molecule has 1 aromatic rings. The van der Waals surface area contributed by atoms with Crippen molar-refractivity contribution in [3.63, 3.8) is 0 Å². The minimum Gasteiger partial charge on any atom is -0.493 e. The van der Waals surface area contributed by atoms with E-state index in [-0.39, 0.29) is 18.6 Å². The van der Waals surface area contributed by atoms with Gasteiger partial charge in [-0.25, -0.2) is 4.79 Å². The molecule has 3 rings (SSSR count). The van der Waals surface area contributed by atoms with Crippen LogP contribution in [-0.2, 0) is 4.79 Å². The van der Waals surface area contributed by atoms with Crippen molar-refractivity contribution >= 4 is 12.0 Å². The van der Waals surface area contributed by atoms with Crippen LogP contribution in [0.3, 0.4) is 0 Å². The van der Waals surface area contributed by atoms with E-state index in [0.717, 1.165) is 24.2 Å². The van der Waals surface area contributed by atoms with Gasteiger partial charge in [0.25, 0.3) is 0 Å². The van der Waals surface area contributed by atoms with E-state index in [1.54, 1.807) is 4.90 Å². The predicted octanol–water partition coefficient (Wildman–Crippen LogP) is 2.02. The first kappa shape index (κ1) is 14.7. The molecule has 0 spiro atoms. The maximum atomic E-state index is 12.4. The number of carboxylic acids is 1. The number of nitrogens with one attached hydrogen (secondary N) is 1. The number of benzene rings is 1. The van der Waals surface area contributed by atoms with Gasteiger partial charge in [0.1, 0.15) is 5.75 Å². The summed E-state index contributed by atoms with van der Waals surface area (Å²) in [5.41, 5.74) is 0.988. The van der Waals surface area contributed by atoms with Gasteiger partial charge in [0, 0.05) is 18.7 Å². The number of likely N-dealkylation sites (tertiary alicyclic amines) is 1. The molecule has 1 saturated heterocycles. The highest BCUT2D eigenvalue weighted by Gasteiger charge is 2.32. The monoisotopic (exact) mass is 304 g/mol. The summed E-state index contributed by atoms with van der Waals surface area (Å²) in [4.78, 5) is 25.0. The van der Waals surface area contributed by atoms with Gasteiger partial charge in [-0.3, -0.25) is 4.79 Å². The van der Waals surface area contributed by atoms with Crippen LogP contribution in [0.25, 0.3) is 0 Å². The molecule has 0 radical (unpaired) electrons. The zero-order valence-electron chi connectivity index (χ0n) is 12.3. The van der Waals surface area contributed by atoms with E-state index < -0.39 is 11.9 Å². The second-order valence-corrected chi connectivity index (χ2v) is 5.80. The molecule has 2 atom stereocenters. The Labute approximate surface area is 129 Å². The van der Waals surface area contributed by atoms with Crippen molar-refractivity contribution in [3.8, 4) is 5.75 Å². The van der Waals surface area contributed by atoms with Crippen LogP contribution in [0.1, 0.15) is 30.9 Å². The number of amides is 2. The quantitative estimate of drug-likeness (QED) is 0.876. The number of carboxylic acid groups (broad SMARTS) is 1. The van der Waals surface area contributed by atoms with Crippen LogP contribution in [0.5, 0.6) is 5.75 Å². The van der Waals surface area contributed by atoms with Gasteiger partial charge in [0.05, 0.1) is 18.6 Å². The van der Waals surface area contributed by atoms with Crippen LogP contribution >= 0.6 is 0 Å². The average Bonchev–Trinajstić information content (AvgIpc) is 2.93. The number of hydrogen-bond acceptors (Lipinski definition) is 3. The lowest BCUT2D eigenvalue weighted by molar-refractivity contribution is -0.141. The first-order chi connectivity index (χ1) is 10.6. The molecule has 1 fully saturated rings. The van der Waals surface area contributed by atoms with E-state index in [9.17, 15) is 9.59 Å². The van der Waals surface area contributed by atoms with Crippen molar-refractivity contribution in [1.29, 1.82) is 0 Å². The number of carbonyl (C=O) groups is 2. The van der Waals surface area contributed by atoms with Crippen LogP contribution in [0.15, 0.2) is 24.3 Å². The lowest BCUT2D eigenvalue weighted by Crippen LogP contribution is -2.40. The smallest absolute Gasteiger partial charge is 0.317 e. The van der Waals surface area contributed by atoms with Gasteiger partial charge in [0.15, 0.2) is 0 Å². The third-order valence-electron chi connectivity index (χ3n) is 4.31. The van der Waals surface area contributed by atoms with E-state index >= 15 is 0 Å². The van der Waals surface area contributed by atoms with Gasteiger partial charge in [-0.1, -0.05) is 18.2 Å². The summed E-state index contributed by atoms with van der Waals surface area (Å²) in [6, 6.07) is 7.45. The second kappa shape index (κ2) is 6.25. The number of carbonyl (C=O) groups excluding carboxylic acids is 1. The normalized spacial score (nSPS) is 24.1. The van der Waals surface area contributed by atoms with Gasteiger partial charge in [-0.05, 0) is 25.3 Å². The van der Waals surface area contributed by atoms with Gasteiger partial charge in [-0.15, -0.1) is 0 Å². The number of para-hydroxylation sites is 1. The second-order valence-electron chi connectivity index (χ2n) is 5.80.